The summed E-state index contributed by atoms with van der Waals surface area (Å²) in [5.41, 5.74) is 0. The minimum atomic E-state index is 0.124. The molecule has 3 aliphatic rings. The summed E-state index contributed by atoms with van der Waals surface area (Å²) in [6.45, 7) is 2.12. The average Bonchev–Trinajstić information content (AvgIpc) is 2.61. The van der Waals surface area contributed by atoms with Crippen LogP contribution in [0.15, 0.2) is 17.1 Å². The molecule has 1 fully saturated rings. The van der Waals surface area contributed by atoms with Gasteiger partial charge in [0.2, 0.25) is 5.91 Å². The molecule has 0 spiro atoms. The van der Waals surface area contributed by atoms with E-state index in [0.29, 0.717) is 11.9 Å². The van der Waals surface area contributed by atoms with E-state index in [0.717, 1.165) is 31.5 Å². The fourth-order valence-corrected chi connectivity index (χ4v) is 2.89. The Morgan fingerprint density at radius 3 is 3.07 bits per heavy atom. The van der Waals surface area contributed by atoms with Crippen LogP contribution in [0.1, 0.15) is 32.6 Å². The van der Waals surface area contributed by atoms with Crippen molar-refractivity contribution in [1.29, 1.82) is 0 Å². The van der Waals surface area contributed by atoms with Crippen molar-refractivity contribution in [3.8, 4) is 0 Å². The molecule has 1 aliphatic carbocycles. The number of fused-ring (bicyclic) bond motifs is 2. The Morgan fingerprint density at radius 1 is 1.40 bits per heavy atom. The summed E-state index contributed by atoms with van der Waals surface area (Å²) in [4.78, 5) is 18.9. The number of aliphatic imine (C=N–C) groups is 1. The molecule has 3 nitrogen and oxygen atoms in total. The Balaban J connectivity index is 1.98. The summed E-state index contributed by atoms with van der Waals surface area (Å²) >= 11 is 0. The number of amides is 1. The van der Waals surface area contributed by atoms with Gasteiger partial charge >= 0.3 is 0 Å². The van der Waals surface area contributed by atoms with Gasteiger partial charge in [0, 0.05) is 12.5 Å². The quantitative estimate of drug-likeness (QED) is 0.553. The van der Waals surface area contributed by atoms with Crippen molar-refractivity contribution < 1.29 is 4.79 Å². The van der Waals surface area contributed by atoms with Crippen LogP contribution >= 0.6 is 0 Å². The number of hydrogen-bond acceptors (Lipinski definition) is 2. The van der Waals surface area contributed by atoms with Gasteiger partial charge in [-0.15, -0.1) is 0 Å². The van der Waals surface area contributed by atoms with Crippen LogP contribution in [0.3, 0.4) is 0 Å². The van der Waals surface area contributed by atoms with E-state index in [2.05, 4.69) is 19.1 Å². The summed E-state index contributed by atoms with van der Waals surface area (Å²) in [7, 11) is 0. The van der Waals surface area contributed by atoms with Gasteiger partial charge in [0.15, 0.2) is 0 Å². The topological polar surface area (TPSA) is 32.7 Å². The zero-order chi connectivity index (χ0) is 10.4. The van der Waals surface area contributed by atoms with E-state index in [4.69, 9.17) is 4.99 Å². The van der Waals surface area contributed by atoms with Crippen LogP contribution in [0, 0.1) is 5.92 Å². The van der Waals surface area contributed by atoms with Gasteiger partial charge < -0.3 is 0 Å². The second-order valence-corrected chi connectivity index (χ2v) is 4.76. The van der Waals surface area contributed by atoms with Crippen molar-refractivity contribution >= 4 is 11.7 Å². The number of amidine groups is 1. The lowest BCUT2D eigenvalue weighted by molar-refractivity contribution is -0.134. The first kappa shape index (κ1) is 9.13. The third-order valence-corrected chi connectivity index (χ3v) is 3.77. The summed E-state index contributed by atoms with van der Waals surface area (Å²) in [5, 5.41) is 0. The van der Waals surface area contributed by atoms with Crippen LogP contribution in [-0.4, -0.2) is 28.7 Å². The highest BCUT2D eigenvalue weighted by Gasteiger charge is 2.42. The smallest absolute Gasteiger partial charge is 0.233 e. The molecule has 0 saturated carbocycles. The van der Waals surface area contributed by atoms with Crippen molar-refractivity contribution in [1.82, 2.24) is 4.90 Å². The van der Waals surface area contributed by atoms with Gasteiger partial charge in [-0.25, -0.2) is 0 Å². The minimum Gasteiger partial charge on any atom is -0.297 e. The zero-order valence-corrected chi connectivity index (χ0v) is 9.02. The second kappa shape index (κ2) is 3.19. The van der Waals surface area contributed by atoms with E-state index in [1.165, 1.54) is 0 Å². The zero-order valence-electron chi connectivity index (χ0n) is 9.02. The molecule has 0 bridgehead atoms. The molecule has 2 aliphatic heterocycles. The number of rotatable bonds is 0. The summed E-state index contributed by atoms with van der Waals surface area (Å²) < 4.78 is 0. The van der Waals surface area contributed by atoms with Gasteiger partial charge in [0.25, 0.3) is 0 Å². The Kier molecular flexibility index (Phi) is 1.94. The Labute approximate surface area is 89.9 Å². The molecule has 1 unspecified atom stereocenters. The molecule has 0 aromatic carbocycles. The largest absolute Gasteiger partial charge is 0.297 e. The third kappa shape index (κ3) is 1.25. The van der Waals surface area contributed by atoms with Crippen molar-refractivity contribution in [3.63, 3.8) is 0 Å². The molecular formula is C12H16N2O. The van der Waals surface area contributed by atoms with E-state index in [-0.39, 0.29) is 12.0 Å². The van der Waals surface area contributed by atoms with Crippen LogP contribution in [0.25, 0.3) is 0 Å². The second-order valence-electron chi connectivity index (χ2n) is 4.76. The van der Waals surface area contributed by atoms with Gasteiger partial charge in [0.05, 0.1) is 12.0 Å². The fraction of sp³-hybridized carbons (Fsp3) is 0.667. The number of hydrogen-bond donors (Lipinski definition) is 0. The summed E-state index contributed by atoms with van der Waals surface area (Å²) in [6.07, 6.45) is 8.18. The highest BCUT2D eigenvalue weighted by Crippen LogP contribution is 2.33. The molecule has 2 heterocycles. The lowest BCUT2D eigenvalue weighted by Crippen LogP contribution is -2.49. The van der Waals surface area contributed by atoms with Crippen LogP contribution in [0.5, 0.6) is 0 Å². The van der Waals surface area contributed by atoms with E-state index in [1.54, 1.807) is 0 Å². The lowest BCUT2D eigenvalue weighted by Gasteiger charge is -2.36. The SMILES string of the molecule is CC1CCC2=N[C@@H]3CC=CC[C@@H]3C(=O)N21. The number of carbonyl (C=O) groups is 1. The first-order chi connectivity index (χ1) is 7.27. The molecule has 0 aromatic heterocycles. The molecule has 1 saturated heterocycles. The predicted octanol–water partition coefficient (Wildman–Crippen LogP) is 1.74. The highest BCUT2D eigenvalue weighted by molar-refractivity contribution is 6.03. The van der Waals surface area contributed by atoms with Crippen LogP contribution < -0.4 is 0 Å². The van der Waals surface area contributed by atoms with Crippen LogP contribution in [-0.2, 0) is 4.79 Å². The molecule has 1 amide bonds. The Morgan fingerprint density at radius 2 is 2.20 bits per heavy atom. The molecule has 15 heavy (non-hydrogen) atoms. The maximum atomic E-state index is 12.3. The van der Waals surface area contributed by atoms with E-state index in [1.807, 2.05) is 4.90 Å². The van der Waals surface area contributed by atoms with Crippen LogP contribution in [0.2, 0.25) is 0 Å². The fourth-order valence-electron chi connectivity index (χ4n) is 2.89. The van der Waals surface area contributed by atoms with Gasteiger partial charge in [-0.2, -0.15) is 0 Å². The molecule has 0 aromatic rings. The summed E-state index contributed by atoms with van der Waals surface area (Å²) in [6, 6.07) is 0.599. The normalized spacial score (nSPS) is 38.7. The van der Waals surface area contributed by atoms with Gasteiger partial charge in [0.1, 0.15) is 5.84 Å². The first-order valence-electron chi connectivity index (χ1n) is 5.82. The summed E-state index contributed by atoms with van der Waals surface area (Å²) in [5.74, 6) is 1.49. The van der Waals surface area contributed by atoms with E-state index >= 15 is 0 Å². The van der Waals surface area contributed by atoms with E-state index < -0.39 is 0 Å². The lowest BCUT2D eigenvalue weighted by atomic mass is 9.87. The first-order valence-corrected chi connectivity index (χ1v) is 5.82. The van der Waals surface area contributed by atoms with Crippen molar-refractivity contribution in [3.05, 3.63) is 12.2 Å². The molecular weight excluding hydrogens is 188 g/mol. The molecule has 3 rings (SSSR count). The minimum absolute atomic E-state index is 0.124. The number of nitrogens with zero attached hydrogens (tertiary/aromatic N) is 2. The molecule has 0 radical (unpaired) electrons. The van der Waals surface area contributed by atoms with Gasteiger partial charge in [-0.05, 0) is 26.2 Å². The maximum absolute atomic E-state index is 12.3. The maximum Gasteiger partial charge on any atom is 0.233 e. The Hall–Kier alpha value is -1.12. The molecule has 3 atom stereocenters. The molecule has 80 valence electrons. The monoisotopic (exact) mass is 204 g/mol. The van der Waals surface area contributed by atoms with Gasteiger partial charge in [-0.3, -0.25) is 14.7 Å². The number of allylic oxidation sites excluding steroid dienone is 1. The average molecular weight is 204 g/mol. The van der Waals surface area contributed by atoms with E-state index in [9.17, 15) is 4.79 Å². The predicted molar refractivity (Wildman–Crippen MR) is 58.6 cm³/mol. The third-order valence-electron chi connectivity index (χ3n) is 3.77. The molecule has 0 N–H and O–H groups in total. The van der Waals surface area contributed by atoms with Crippen molar-refractivity contribution in [2.45, 2.75) is 44.7 Å². The Bertz CT molecular complexity index is 359. The highest BCUT2D eigenvalue weighted by atomic mass is 16.2. The number of carbonyl (C=O) groups excluding carboxylic acids is 1. The van der Waals surface area contributed by atoms with Crippen LogP contribution in [0.4, 0.5) is 0 Å². The molecule has 3 heteroatoms. The standard InChI is InChI=1S/C12H16N2O/c1-8-6-7-11-13-10-5-3-2-4-9(10)12(15)14(8)11/h2-3,8-10H,4-7H2,1H3/t8?,9-,10+/m0/s1. The van der Waals surface area contributed by atoms with Gasteiger partial charge in [-0.1, -0.05) is 12.2 Å². The van der Waals surface area contributed by atoms with Crippen molar-refractivity contribution in [2.24, 2.45) is 10.9 Å². The van der Waals surface area contributed by atoms with Crippen molar-refractivity contribution in [2.75, 3.05) is 0 Å².